The van der Waals surface area contributed by atoms with Crippen molar-refractivity contribution in [2.75, 3.05) is 13.1 Å². The SMILES string of the molecule is CCN(CC(N)=O)C(C)C(C)C(=O)O. The molecule has 82 valence electrons. The molecular formula is C9H18N2O3. The Morgan fingerprint density at radius 2 is 1.93 bits per heavy atom. The largest absolute Gasteiger partial charge is 0.481 e. The van der Waals surface area contributed by atoms with Crippen molar-refractivity contribution in [2.45, 2.75) is 26.8 Å². The minimum absolute atomic E-state index is 0.106. The summed E-state index contributed by atoms with van der Waals surface area (Å²) in [6.45, 7) is 5.99. The van der Waals surface area contributed by atoms with Crippen LogP contribution in [0.5, 0.6) is 0 Å². The molecule has 3 N–H and O–H groups in total. The van der Waals surface area contributed by atoms with Crippen molar-refractivity contribution < 1.29 is 14.7 Å². The lowest BCUT2D eigenvalue weighted by molar-refractivity contribution is -0.143. The summed E-state index contributed by atoms with van der Waals surface area (Å²) >= 11 is 0. The van der Waals surface area contributed by atoms with E-state index in [2.05, 4.69) is 0 Å². The molecule has 0 bridgehead atoms. The Morgan fingerprint density at radius 1 is 1.43 bits per heavy atom. The van der Waals surface area contributed by atoms with Gasteiger partial charge in [0.15, 0.2) is 0 Å². The normalized spacial score (nSPS) is 15.1. The zero-order valence-electron chi connectivity index (χ0n) is 8.86. The van der Waals surface area contributed by atoms with Crippen molar-refractivity contribution in [2.24, 2.45) is 11.7 Å². The highest BCUT2D eigenvalue weighted by molar-refractivity contribution is 5.76. The minimum atomic E-state index is -0.861. The van der Waals surface area contributed by atoms with E-state index in [-0.39, 0.29) is 12.6 Å². The van der Waals surface area contributed by atoms with Gasteiger partial charge in [0.1, 0.15) is 0 Å². The van der Waals surface area contributed by atoms with Gasteiger partial charge in [-0.1, -0.05) is 13.8 Å². The fourth-order valence-corrected chi connectivity index (χ4v) is 1.27. The molecule has 0 aliphatic carbocycles. The first-order chi connectivity index (χ1) is 6.40. The summed E-state index contributed by atoms with van der Waals surface area (Å²) in [5.41, 5.74) is 5.05. The number of carboxylic acid groups (broad SMARTS) is 1. The molecule has 5 heteroatoms. The molecule has 0 aromatic rings. The maximum absolute atomic E-state index is 10.7. The van der Waals surface area contributed by atoms with Gasteiger partial charge in [-0.2, -0.15) is 0 Å². The summed E-state index contributed by atoms with van der Waals surface area (Å²) in [6, 6.07) is -0.190. The first-order valence-electron chi connectivity index (χ1n) is 4.65. The van der Waals surface area contributed by atoms with E-state index < -0.39 is 17.8 Å². The molecule has 1 amide bonds. The topological polar surface area (TPSA) is 83.6 Å². The lowest BCUT2D eigenvalue weighted by atomic mass is 10.0. The van der Waals surface area contributed by atoms with Gasteiger partial charge in [0.25, 0.3) is 0 Å². The number of hydrogen-bond donors (Lipinski definition) is 2. The second kappa shape index (κ2) is 5.59. The highest BCUT2D eigenvalue weighted by Crippen LogP contribution is 2.10. The minimum Gasteiger partial charge on any atom is -0.481 e. The van der Waals surface area contributed by atoms with E-state index in [1.165, 1.54) is 0 Å². The van der Waals surface area contributed by atoms with E-state index in [9.17, 15) is 9.59 Å². The zero-order valence-corrected chi connectivity index (χ0v) is 8.86. The number of amides is 1. The quantitative estimate of drug-likeness (QED) is 0.630. The number of carboxylic acids is 1. The average molecular weight is 202 g/mol. The van der Waals surface area contributed by atoms with Gasteiger partial charge >= 0.3 is 5.97 Å². The summed E-state index contributed by atoms with van der Waals surface area (Å²) in [7, 11) is 0. The van der Waals surface area contributed by atoms with Crippen LogP contribution in [-0.2, 0) is 9.59 Å². The van der Waals surface area contributed by atoms with Crippen molar-refractivity contribution in [3.05, 3.63) is 0 Å². The lowest BCUT2D eigenvalue weighted by Crippen LogP contribution is -2.44. The number of carbonyl (C=O) groups is 2. The Morgan fingerprint density at radius 3 is 2.21 bits per heavy atom. The van der Waals surface area contributed by atoms with Crippen LogP contribution in [0.3, 0.4) is 0 Å². The Hall–Kier alpha value is -1.10. The van der Waals surface area contributed by atoms with Crippen LogP contribution < -0.4 is 5.73 Å². The lowest BCUT2D eigenvalue weighted by Gasteiger charge is -2.29. The van der Waals surface area contributed by atoms with Crippen LogP contribution in [0, 0.1) is 5.92 Å². The van der Waals surface area contributed by atoms with Gasteiger partial charge in [-0.15, -0.1) is 0 Å². The van der Waals surface area contributed by atoms with Crippen molar-refractivity contribution in [3.63, 3.8) is 0 Å². The predicted octanol–water partition coefficient (Wildman–Crippen LogP) is -0.0972. The first-order valence-corrected chi connectivity index (χ1v) is 4.65. The number of primary amides is 1. The Labute approximate surface area is 83.9 Å². The molecule has 0 aromatic heterocycles. The molecule has 0 spiro atoms. The van der Waals surface area contributed by atoms with E-state index in [0.29, 0.717) is 6.54 Å². The molecule has 5 nitrogen and oxygen atoms in total. The molecule has 0 aliphatic heterocycles. The second-order valence-corrected chi connectivity index (χ2v) is 3.40. The summed E-state index contributed by atoms with van der Waals surface area (Å²) in [5, 5.41) is 8.79. The van der Waals surface area contributed by atoms with Crippen LogP contribution in [0.2, 0.25) is 0 Å². The van der Waals surface area contributed by atoms with E-state index in [0.717, 1.165) is 0 Å². The molecule has 0 saturated heterocycles. The fourth-order valence-electron chi connectivity index (χ4n) is 1.27. The maximum atomic E-state index is 10.7. The molecule has 0 aliphatic rings. The molecule has 2 atom stereocenters. The predicted molar refractivity (Wildman–Crippen MR) is 52.7 cm³/mol. The highest BCUT2D eigenvalue weighted by Gasteiger charge is 2.24. The fraction of sp³-hybridized carbons (Fsp3) is 0.778. The van der Waals surface area contributed by atoms with E-state index in [1.54, 1.807) is 18.7 Å². The van der Waals surface area contributed by atoms with Gasteiger partial charge in [0.05, 0.1) is 12.5 Å². The van der Waals surface area contributed by atoms with Gasteiger partial charge in [-0.05, 0) is 13.5 Å². The van der Waals surface area contributed by atoms with Gasteiger partial charge in [0.2, 0.25) is 5.91 Å². The number of hydrogen-bond acceptors (Lipinski definition) is 3. The van der Waals surface area contributed by atoms with E-state index in [4.69, 9.17) is 10.8 Å². The van der Waals surface area contributed by atoms with Gasteiger partial charge in [-0.25, -0.2) is 0 Å². The highest BCUT2D eigenvalue weighted by atomic mass is 16.4. The van der Waals surface area contributed by atoms with Crippen molar-refractivity contribution >= 4 is 11.9 Å². The summed E-state index contributed by atoms with van der Waals surface area (Å²) in [6.07, 6.45) is 0. The van der Waals surface area contributed by atoms with Gasteiger partial charge in [0, 0.05) is 6.04 Å². The summed E-state index contributed by atoms with van der Waals surface area (Å²) in [4.78, 5) is 23.2. The monoisotopic (exact) mass is 202 g/mol. The van der Waals surface area contributed by atoms with E-state index in [1.807, 2.05) is 6.92 Å². The smallest absolute Gasteiger partial charge is 0.307 e. The number of nitrogens with zero attached hydrogens (tertiary/aromatic N) is 1. The van der Waals surface area contributed by atoms with Gasteiger partial charge in [-0.3, -0.25) is 14.5 Å². The third-order valence-electron chi connectivity index (χ3n) is 2.45. The molecule has 2 unspecified atom stereocenters. The molecule has 14 heavy (non-hydrogen) atoms. The number of rotatable bonds is 6. The van der Waals surface area contributed by atoms with Crippen LogP contribution in [-0.4, -0.2) is 41.0 Å². The molecule has 0 heterocycles. The van der Waals surface area contributed by atoms with Crippen LogP contribution in [0.1, 0.15) is 20.8 Å². The Balaban J connectivity index is 4.36. The standard InChI is InChI=1S/C9H18N2O3/c1-4-11(5-8(10)12)7(3)6(2)9(13)14/h6-7H,4-5H2,1-3H3,(H2,10,12)(H,13,14). The molecule has 0 aromatic carbocycles. The van der Waals surface area contributed by atoms with Crippen molar-refractivity contribution in [3.8, 4) is 0 Å². The summed E-state index contributed by atoms with van der Waals surface area (Å²) in [5.74, 6) is -1.80. The molecule has 0 rings (SSSR count). The first kappa shape index (κ1) is 12.9. The van der Waals surface area contributed by atoms with E-state index >= 15 is 0 Å². The Bertz CT molecular complexity index is 218. The molecule has 0 radical (unpaired) electrons. The molecular weight excluding hydrogens is 184 g/mol. The third-order valence-corrected chi connectivity index (χ3v) is 2.45. The number of likely N-dealkylation sites (N-methyl/N-ethyl adjacent to an activating group) is 1. The Kier molecular flexibility index (Phi) is 5.15. The third kappa shape index (κ3) is 3.74. The number of aliphatic carboxylic acids is 1. The summed E-state index contributed by atoms with van der Waals surface area (Å²) < 4.78 is 0. The number of nitrogens with two attached hydrogens (primary N) is 1. The maximum Gasteiger partial charge on any atom is 0.307 e. The second-order valence-electron chi connectivity index (χ2n) is 3.40. The van der Waals surface area contributed by atoms with Crippen LogP contribution >= 0.6 is 0 Å². The van der Waals surface area contributed by atoms with Crippen LogP contribution in [0.4, 0.5) is 0 Å². The van der Waals surface area contributed by atoms with Crippen molar-refractivity contribution in [1.82, 2.24) is 4.90 Å². The van der Waals surface area contributed by atoms with Gasteiger partial charge < -0.3 is 10.8 Å². The molecule has 0 saturated carbocycles. The molecule has 0 fully saturated rings. The van der Waals surface area contributed by atoms with Crippen LogP contribution in [0.15, 0.2) is 0 Å². The van der Waals surface area contributed by atoms with Crippen molar-refractivity contribution in [1.29, 1.82) is 0 Å². The van der Waals surface area contributed by atoms with Crippen LogP contribution in [0.25, 0.3) is 0 Å². The average Bonchev–Trinajstić information content (AvgIpc) is 2.11. The number of carbonyl (C=O) groups excluding carboxylic acids is 1. The zero-order chi connectivity index (χ0) is 11.3.